The number of hydrogen-bond donors (Lipinski definition) is 0. The maximum Gasteiger partial charge on any atom is 0.419 e. The second-order valence-corrected chi connectivity index (χ2v) is 9.64. The van der Waals surface area contributed by atoms with Crippen LogP contribution in [0.5, 0.6) is 0 Å². The van der Waals surface area contributed by atoms with Gasteiger partial charge in [-0.25, -0.2) is 4.79 Å². The number of nitrogens with zero attached hydrogens (tertiary/aromatic N) is 4. The summed E-state index contributed by atoms with van der Waals surface area (Å²) in [5.41, 5.74) is 4.53. The molecule has 0 spiro atoms. The second kappa shape index (κ2) is 8.12. The lowest BCUT2D eigenvalue weighted by Gasteiger charge is -2.45. The number of nitriles is 1. The molecule has 6 nitrogen and oxygen atoms in total. The van der Waals surface area contributed by atoms with Crippen molar-refractivity contribution >= 4 is 38.2 Å². The average molecular weight is 447 g/mol. The summed E-state index contributed by atoms with van der Waals surface area (Å²) in [6.07, 6.45) is 0.965. The van der Waals surface area contributed by atoms with Crippen LogP contribution in [-0.2, 0) is 13.5 Å². The van der Waals surface area contributed by atoms with Gasteiger partial charge < -0.3 is 9.32 Å². The van der Waals surface area contributed by atoms with Crippen LogP contribution in [0, 0.1) is 11.3 Å². The van der Waals surface area contributed by atoms with Gasteiger partial charge in [0.25, 0.3) is 0 Å². The number of piperazine rings is 1. The molecule has 4 aromatic rings. The highest BCUT2D eigenvalue weighted by molar-refractivity contribution is 7.17. The summed E-state index contributed by atoms with van der Waals surface area (Å²) in [5.74, 6) is -0.324. The molecule has 0 saturated carbocycles. The van der Waals surface area contributed by atoms with Gasteiger partial charge in [-0.15, -0.1) is 11.3 Å². The Morgan fingerprint density at radius 3 is 2.72 bits per heavy atom. The number of thiophene rings is 1. The molecular weight excluding hydrogens is 420 g/mol. The maximum atomic E-state index is 12.0. The van der Waals surface area contributed by atoms with Gasteiger partial charge in [0.15, 0.2) is 5.58 Å². The van der Waals surface area contributed by atoms with Crippen molar-refractivity contribution in [3.63, 3.8) is 0 Å². The van der Waals surface area contributed by atoms with Crippen molar-refractivity contribution in [2.24, 2.45) is 7.05 Å². The van der Waals surface area contributed by atoms with Crippen molar-refractivity contribution in [1.29, 1.82) is 5.26 Å². The zero-order valence-corrected chi connectivity index (χ0v) is 19.4. The third kappa shape index (κ3) is 3.50. The molecule has 164 valence electrons. The fraction of sp³-hybridized carbons (Fsp3) is 0.360. The van der Waals surface area contributed by atoms with Crippen molar-refractivity contribution in [2.45, 2.75) is 32.4 Å². The highest BCUT2D eigenvalue weighted by atomic mass is 32.1. The normalized spacial score (nSPS) is 19.6. The van der Waals surface area contributed by atoms with Crippen LogP contribution in [0.25, 0.3) is 21.2 Å². The molecule has 0 amide bonds. The monoisotopic (exact) mass is 446 g/mol. The number of rotatable bonds is 4. The van der Waals surface area contributed by atoms with E-state index in [1.165, 1.54) is 15.6 Å². The molecule has 1 saturated heterocycles. The van der Waals surface area contributed by atoms with E-state index >= 15 is 0 Å². The second-order valence-electron chi connectivity index (χ2n) is 8.73. The third-order valence-electron chi connectivity index (χ3n) is 6.66. The van der Waals surface area contributed by atoms with Gasteiger partial charge in [0.2, 0.25) is 0 Å². The van der Waals surface area contributed by atoms with Crippen LogP contribution >= 0.6 is 11.3 Å². The number of anilines is 1. The summed E-state index contributed by atoms with van der Waals surface area (Å²) < 4.78 is 8.37. The summed E-state index contributed by atoms with van der Waals surface area (Å²) in [6.45, 7) is 7.27. The third-order valence-corrected chi connectivity index (χ3v) is 7.67. The van der Waals surface area contributed by atoms with Crippen molar-refractivity contribution in [2.75, 3.05) is 24.5 Å². The van der Waals surface area contributed by atoms with E-state index in [1.54, 1.807) is 23.0 Å². The van der Waals surface area contributed by atoms with E-state index in [9.17, 15) is 10.1 Å². The summed E-state index contributed by atoms with van der Waals surface area (Å²) >= 11 is 1.75. The molecule has 1 aliphatic rings. The highest BCUT2D eigenvalue weighted by Gasteiger charge is 2.30. The van der Waals surface area contributed by atoms with Crippen LogP contribution in [-0.4, -0.2) is 41.2 Å². The summed E-state index contributed by atoms with van der Waals surface area (Å²) in [4.78, 5) is 16.9. The lowest BCUT2D eigenvalue weighted by molar-refractivity contribution is 0.134. The van der Waals surface area contributed by atoms with Gasteiger partial charge in [-0.1, -0.05) is 6.07 Å². The van der Waals surface area contributed by atoms with Crippen LogP contribution in [0.15, 0.2) is 51.0 Å². The van der Waals surface area contributed by atoms with Crippen LogP contribution in [0.1, 0.15) is 25.0 Å². The fourth-order valence-electron chi connectivity index (χ4n) is 4.97. The number of oxazole rings is 1. The van der Waals surface area contributed by atoms with Gasteiger partial charge in [0.1, 0.15) is 0 Å². The number of fused-ring (bicyclic) bond motifs is 2. The minimum atomic E-state index is -0.324. The zero-order chi connectivity index (χ0) is 22.4. The molecule has 32 heavy (non-hydrogen) atoms. The molecule has 0 N–H and O–H groups in total. The van der Waals surface area contributed by atoms with Crippen LogP contribution < -0.4 is 10.7 Å². The maximum absolute atomic E-state index is 12.0. The molecule has 1 fully saturated rings. The van der Waals surface area contributed by atoms with Gasteiger partial charge in [-0.3, -0.25) is 9.47 Å². The van der Waals surface area contributed by atoms with Crippen LogP contribution in [0.4, 0.5) is 5.69 Å². The predicted molar refractivity (Wildman–Crippen MR) is 130 cm³/mol. The molecule has 5 rings (SSSR count). The molecule has 2 aromatic carbocycles. The Morgan fingerprint density at radius 1 is 1.19 bits per heavy atom. The number of aromatic nitrogens is 1. The van der Waals surface area contributed by atoms with E-state index in [-0.39, 0.29) is 5.76 Å². The predicted octanol–water partition coefficient (Wildman–Crippen LogP) is 4.36. The number of aryl methyl sites for hydroxylation is 1. The smallest absolute Gasteiger partial charge is 0.405 e. The first-order chi connectivity index (χ1) is 15.5. The van der Waals surface area contributed by atoms with E-state index in [0.717, 1.165) is 37.3 Å². The van der Waals surface area contributed by atoms with Gasteiger partial charge in [-0.05, 0) is 66.9 Å². The Morgan fingerprint density at radius 2 is 1.97 bits per heavy atom. The van der Waals surface area contributed by atoms with Gasteiger partial charge >= 0.3 is 5.76 Å². The van der Waals surface area contributed by atoms with Crippen molar-refractivity contribution in [1.82, 2.24) is 9.47 Å². The average Bonchev–Trinajstić information content (AvgIpc) is 3.32. The van der Waals surface area contributed by atoms with E-state index in [4.69, 9.17) is 4.42 Å². The molecular formula is C25H26N4O2S. The zero-order valence-electron chi connectivity index (χ0n) is 18.5. The highest BCUT2D eigenvalue weighted by Crippen LogP contribution is 2.31. The Kier molecular flexibility index (Phi) is 5.28. The van der Waals surface area contributed by atoms with E-state index in [1.807, 2.05) is 30.3 Å². The molecule has 0 unspecified atom stereocenters. The number of hydrogen-bond acceptors (Lipinski definition) is 6. The lowest BCUT2D eigenvalue weighted by atomic mass is 10.0. The van der Waals surface area contributed by atoms with Gasteiger partial charge in [0.05, 0.1) is 22.8 Å². The van der Waals surface area contributed by atoms with Crippen molar-refractivity contribution in [3.05, 3.63) is 63.5 Å². The molecule has 0 bridgehead atoms. The topological polar surface area (TPSA) is 65.4 Å². The van der Waals surface area contributed by atoms with Crippen LogP contribution in [0.2, 0.25) is 0 Å². The molecule has 3 heterocycles. The van der Waals surface area contributed by atoms with Crippen molar-refractivity contribution in [3.8, 4) is 6.07 Å². The first-order valence-corrected chi connectivity index (χ1v) is 11.8. The molecule has 2 aromatic heterocycles. The standard InChI is InChI=1S/C25H26N4O2S/c1-16-13-28(22-6-4-5-21-24(22)31-25(30)27(21)3)14-17(2)29(16)10-9-19-15-32-23-8-7-18(12-26)11-20(19)23/h4-8,11,15-17H,9-10,13-14H2,1-3H3/t16-,17+. The van der Waals surface area contributed by atoms with Crippen molar-refractivity contribution < 1.29 is 4.42 Å². The first-order valence-electron chi connectivity index (χ1n) is 11.0. The SMILES string of the molecule is C[C@@H]1CN(c2cccc3c2oc(=O)n3C)C[C@H](C)N1CCc1csc2ccc(C#N)cc12. The lowest BCUT2D eigenvalue weighted by Crippen LogP contribution is -2.57. The number of para-hydroxylation sites is 1. The summed E-state index contributed by atoms with van der Waals surface area (Å²) in [7, 11) is 1.74. The van der Waals surface area contributed by atoms with E-state index in [0.29, 0.717) is 23.2 Å². The Balaban J connectivity index is 1.34. The number of benzene rings is 2. The molecule has 1 aliphatic heterocycles. The molecule has 0 aliphatic carbocycles. The van der Waals surface area contributed by atoms with Crippen LogP contribution in [0.3, 0.4) is 0 Å². The Labute approximate surface area is 190 Å². The summed E-state index contributed by atoms with van der Waals surface area (Å²) in [6, 6.07) is 14.9. The molecule has 2 atom stereocenters. The molecule has 7 heteroatoms. The first kappa shape index (κ1) is 20.8. The van der Waals surface area contributed by atoms with Gasteiger partial charge in [-0.2, -0.15) is 5.26 Å². The molecule has 0 radical (unpaired) electrons. The fourth-order valence-corrected chi connectivity index (χ4v) is 5.95. The Bertz CT molecular complexity index is 1380. The largest absolute Gasteiger partial charge is 0.419 e. The quantitative estimate of drug-likeness (QED) is 0.466. The van der Waals surface area contributed by atoms with Gasteiger partial charge in [0, 0.05) is 43.5 Å². The summed E-state index contributed by atoms with van der Waals surface area (Å²) in [5, 5.41) is 12.7. The minimum absolute atomic E-state index is 0.324. The minimum Gasteiger partial charge on any atom is -0.405 e. The van der Waals surface area contributed by atoms with E-state index in [2.05, 4.69) is 41.2 Å². The van der Waals surface area contributed by atoms with E-state index < -0.39 is 0 Å². The Hall–Kier alpha value is -3.08.